The summed E-state index contributed by atoms with van der Waals surface area (Å²) in [7, 11) is -9.89. The van der Waals surface area contributed by atoms with Crippen LogP contribution in [-0.2, 0) is 65.4 Å². The number of carbonyl (C=O) groups excluding carboxylic acids is 4. The predicted molar refractivity (Wildman–Crippen MR) is 358 cm³/mol. The van der Waals surface area contributed by atoms with E-state index in [1.54, 1.807) is 0 Å². The highest BCUT2D eigenvalue weighted by Crippen LogP contribution is 2.45. The van der Waals surface area contributed by atoms with Gasteiger partial charge in [0, 0.05) is 25.7 Å². The Bertz CT molecular complexity index is 1730. The van der Waals surface area contributed by atoms with Crippen LogP contribution in [0.15, 0.2) is 0 Å². The summed E-state index contributed by atoms with van der Waals surface area (Å²) < 4.78 is 68.2. The average Bonchev–Trinajstić information content (AvgIpc) is 3.67. The van der Waals surface area contributed by atoms with Crippen LogP contribution >= 0.6 is 15.6 Å². The molecule has 89 heavy (non-hydrogen) atoms. The van der Waals surface area contributed by atoms with Crippen molar-refractivity contribution in [3.8, 4) is 0 Å². The fourth-order valence-corrected chi connectivity index (χ4v) is 12.2. The van der Waals surface area contributed by atoms with Crippen LogP contribution in [0, 0.1) is 11.8 Å². The van der Waals surface area contributed by atoms with Crippen LogP contribution in [0.4, 0.5) is 0 Å². The van der Waals surface area contributed by atoms with Gasteiger partial charge in [0.25, 0.3) is 0 Å². The van der Waals surface area contributed by atoms with E-state index >= 15 is 0 Å². The lowest BCUT2D eigenvalue weighted by molar-refractivity contribution is -0.161. The van der Waals surface area contributed by atoms with Crippen molar-refractivity contribution in [3.05, 3.63) is 0 Å². The van der Waals surface area contributed by atoms with Crippen molar-refractivity contribution in [2.24, 2.45) is 11.8 Å². The first-order valence-electron chi connectivity index (χ1n) is 36.5. The van der Waals surface area contributed by atoms with Gasteiger partial charge >= 0.3 is 39.5 Å². The normalized spacial score (nSPS) is 14.1. The Hall–Kier alpha value is -1.94. The number of aliphatic hydroxyl groups excluding tert-OH is 1. The second-order valence-electron chi connectivity index (χ2n) is 26.2. The molecule has 0 aliphatic heterocycles. The molecular formula is C70H136O17P2. The maximum atomic E-state index is 13.0. The SMILES string of the molecule is CCCCCCCCCCCCC(=O)O[C@H](COC(=O)CCCCCCCCC)COP(=O)(O)OC[C@H](O)COP(=O)(O)OC[C@@H](COC(=O)CCCCCCCCCCCCCCCC(C)C)OC(=O)CCCCCCCCCCCCCCCC(C)C. The van der Waals surface area contributed by atoms with E-state index in [0.717, 1.165) is 115 Å². The highest BCUT2D eigenvalue weighted by Gasteiger charge is 2.30. The van der Waals surface area contributed by atoms with Crippen molar-refractivity contribution in [3.63, 3.8) is 0 Å². The molecule has 0 aliphatic rings. The smallest absolute Gasteiger partial charge is 0.462 e. The van der Waals surface area contributed by atoms with Gasteiger partial charge in [0.15, 0.2) is 12.2 Å². The van der Waals surface area contributed by atoms with E-state index in [9.17, 15) is 43.2 Å². The van der Waals surface area contributed by atoms with Gasteiger partial charge in [-0.3, -0.25) is 37.3 Å². The van der Waals surface area contributed by atoms with Crippen LogP contribution in [0.1, 0.15) is 356 Å². The summed E-state index contributed by atoms with van der Waals surface area (Å²) in [6.45, 7) is 9.54. The summed E-state index contributed by atoms with van der Waals surface area (Å²) in [6, 6.07) is 0. The highest BCUT2D eigenvalue weighted by molar-refractivity contribution is 7.47. The van der Waals surface area contributed by atoms with Crippen LogP contribution < -0.4 is 0 Å². The molecule has 0 amide bonds. The number of ether oxygens (including phenoxy) is 4. The third-order valence-corrected chi connectivity index (χ3v) is 18.1. The molecule has 0 heterocycles. The van der Waals surface area contributed by atoms with Crippen LogP contribution in [0.5, 0.6) is 0 Å². The maximum absolute atomic E-state index is 13.0. The molecule has 19 heteroatoms. The number of phosphoric ester groups is 2. The summed E-state index contributed by atoms with van der Waals surface area (Å²) >= 11 is 0. The van der Waals surface area contributed by atoms with Crippen molar-refractivity contribution in [2.75, 3.05) is 39.6 Å². The lowest BCUT2D eigenvalue weighted by atomic mass is 10.0. The van der Waals surface area contributed by atoms with Crippen molar-refractivity contribution in [1.29, 1.82) is 0 Å². The molecule has 0 spiro atoms. The minimum absolute atomic E-state index is 0.106. The van der Waals surface area contributed by atoms with Gasteiger partial charge in [-0.05, 0) is 37.5 Å². The van der Waals surface area contributed by atoms with E-state index in [4.69, 9.17) is 37.0 Å². The van der Waals surface area contributed by atoms with Gasteiger partial charge in [-0.1, -0.05) is 305 Å². The van der Waals surface area contributed by atoms with E-state index < -0.39 is 97.5 Å². The molecule has 3 N–H and O–H groups in total. The summed E-state index contributed by atoms with van der Waals surface area (Å²) in [4.78, 5) is 72.4. The Morgan fingerprint density at radius 2 is 0.517 bits per heavy atom. The van der Waals surface area contributed by atoms with Gasteiger partial charge in [0.05, 0.1) is 26.4 Å². The number of esters is 4. The number of hydrogen-bond acceptors (Lipinski definition) is 15. The fraction of sp³-hybridized carbons (Fsp3) is 0.943. The van der Waals surface area contributed by atoms with Gasteiger partial charge in [0.1, 0.15) is 19.3 Å². The molecule has 0 radical (unpaired) electrons. The molecular weight excluding hydrogens is 1170 g/mol. The van der Waals surface area contributed by atoms with Gasteiger partial charge in [-0.15, -0.1) is 0 Å². The topological polar surface area (TPSA) is 237 Å². The molecule has 17 nitrogen and oxygen atoms in total. The van der Waals surface area contributed by atoms with Gasteiger partial charge in [-0.2, -0.15) is 0 Å². The molecule has 0 fully saturated rings. The molecule has 0 aromatic rings. The number of aliphatic hydroxyl groups is 1. The Kier molecular flexibility index (Phi) is 60.8. The fourth-order valence-electron chi connectivity index (χ4n) is 10.6. The maximum Gasteiger partial charge on any atom is 0.472 e. The summed E-state index contributed by atoms with van der Waals surface area (Å²) in [6.07, 6.45) is 47.3. The van der Waals surface area contributed by atoms with Crippen LogP contribution in [0.25, 0.3) is 0 Å². The number of rotatable bonds is 69. The molecule has 0 saturated carbocycles. The number of carbonyl (C=O) groups is 4. The van der Waals surface area contributed by atoms with E-state index in [1.165, 1.54) is 161 Å². The average molecular weight is 1310 g/mol. The molecule has 0 aromatic heterocycles. The van der Waals surface area contributed by atoms with E-state index in [1.807, 2.05) is 0 Å². The minimum Gasteiger partial charge on any atom is -0.462 e. The van der Waals surface area contributed by atoms with E-state index in [2.05, 4.69) is 41.5 Å². The molecule has 0 saturated heterocycles. The van der Waals surface area contributed by atoms with Crippen LogP contribution in [-0.4, -0.2) is 96.7 Å². The Balaban J connectivity index is 5.20. The standard InChI is InChI=1S/C70H136O17P2/c1-7-9-11-13-15-16-29-36-42-48-54-69(74)86-65(58-80-67(72)52-46-40-32-14-12-10-8-2)60-84-88(76,77)82-56-64(71)57-83-89(78,79)85-61-66(87-70(75)55-49-43-37-31-26-22-18-20-24-28-34-39-45-51-63(5)6)59-81-68(73)53-47-41-35-30-25-21-17-19-23-27-33-38-44-50-62(3)4/h62-66,71H,7-61H2,1-6H3,(H,76,77)(H,78,79)/t64-,65+,66+/m0/s1. The number of unbranched alkanes of at least 4 members (excludes halogenated alkanes) is 39. The first kappa shape index (κ1) is 87.1. The molecule has 0 rings (SSSR count). The molecule has 5 atom stereocenters. The monoisotopic (exact) mass is 1310 g/mol. The zero-order chi connectivity index (χ0) is 65.7. The zero-order valence-corrected chi connectivity index (χ0v) is 59.5. The minimum atomic E-state index is -4.95. The third-order valence-electron chi connectivity index (χ3n) is 16.2. The van der Waals surface area contributed by atoms with Crippen LogP contribution in [0.2, 0.25) is 0 Å². The van der Waals surface area contributed by atoms with Crippen molar-refractivity contribution < 1.29 is 80.2 Å². The molecule has 528 valence electrons. The Morgan fingerprint density at radius 3 is 0.764 bits per heavy atom. The Morgan fingerprint density at radius 1 is 0.303 bits per heavy atom. The zero-order valence-electron chi connectivity index (χ0n) is 57.7. The summed E-state index contributed by atoms with van der Waals surface area (Å²) in [5.41, 5.74) is 0. The highest BCUT2D eigenvalue weighted by atomic mass is 31.2. The van der Waals surface area contributed by atoms with Gasteiger partial charge < -0.3 is 33.8 Å². The predicted octanol–water partition coefficient (Wildman–Crippen LogP) is 20.0. The van der Waals surface area contributed by atoms with E-state index in [-0.39, 0.29) is 25.7 Å². The second kappa shape index (κ2) is 62.2. The van der Waals surface area contributed by atoms with Gasteiger partial charge in [0.2, 0.25) is 0 Å². The molecule has 0 aliphatic carbocycles. The second-order valence-corrected chi connectivity index (χ2v) is 29.1. The first-order valence-corrected chi connectivity index (χ1v) is 39.5. The lowest BCUT2D eigenvalue weighted by Crippen LogP contribution is -2.30. The third kappa shape index (κ3) is 64.6. The van der Waals surface area contributed by atoms with Crippen LogP contribution in [0.3, 0.4) is 0 Å². The lowest BCUT2D eigenvalue weighted by Gasteiger charge is -2.21. The molecule has 0 bridgehead atoms. The van der Waals surface area contributed by atoms with Crippen molar-refractivity contribution in [1.82, 2.24) is 0 Å². The van der Waals surface area contributed by atoms with Crippen molar-refractivity contribution >= 4 is 39.5 Å². The van der Waals surface area contributed by atoms with Crippen molar-refractivity contribution in [2.45, 2.75) is 374 Å². The molecule has 2 unspecified atom stereocenters. The first-order chi connectivity index (χ1) is 42.9. The summed E-state index contributed by atoms with van der Waals surface area (Å²) in [5.74, 6) is -0.550. The van der Waals surface area contributed by atoms with E-state index in [0.29, 0.717) is 25.7 Å². The quantitative estimate of drug-likeness (QED) is 0.0222. The molecule has 0 aromatic carbocycles. The number of hydrogen-bond donors (Lipinski definition) is 3. The number of phosphoric acid groups is 2. The van der Waals surface area contributed by atoms with Gasteiger partial charge in [-0.25, -0.2) is 9.13 Å². The summed E-state index contributed by atoms with van der Waals surface area (Å²) in [5, 5.41) is 10.6. The Labute approximate surface area is 543 Å². The largest absolute Gasteiger partial charge is 0.472 e.